The van der Waals surface area contributed by atoms with Gasteiger partial charge in [0.25, 0.3) is 0 Å². The van der Waals surface area contributed by atoms with E-state index in [9.17, 15) is 13.2 Å². The van der Waals surface area contributed by atoms with Gasteiger partial charge in [-0.05, 0) is 54.8 Å². The summed E-state index contributed by atoms with van der Waals surface area (Å²) in [5.41, 5.74) is 2.35. The van der Waals surface area contributed by atoms with Crippen LogP contribution >= 0.6 is 0 Å². The summed E-state index contributed by atoms with van der Waals surface area (Å²) in [5, 5.41) is 0. The van der Waals surface area contributed by atoms with E-state index >= 15 is 0 Å². The molecule has 0 spiro atoms. The second-order valence-electron chi connectivity index (χ2n) is 6.62. The molecule has 0 atom stereocenters. The van der Waals surface area contributed by atoms with Gasteiger partial charge in [-0.1, -0.05) is 36.4 Å². The first-order chi connectivity index (χ1) is 12.4. The van der Waals surface area contributed by atoms with Crippen LogP contribution in [-0.4, -0.2) is 25.1 Å². The number of alkyl halides is 3. The number of rotatable bonds is 5. The standard InChI is InChI=1S/C21H22F3NO/c1-25(15-17-9-10-18-7-4-12-26-20(18)14-17)11-3-6-16-5-2-8-19(13-16)21(22,23)24/h2-3,5-6,8-10,13-14H,4,7,11-12,15H2,1H3. The number of hydrogen-bond acceptors (Lipinski definition) is 2. The molecule has 1 aliphatic heterocycles. The van der Waals surface area contributed by atoms with Crippen LogP contribution in [0.2, 0.25) is 0 Å². The van der Waals surface area contributed by atoms with Crippen molar-refractivity contribution in [3.8, 4) is 5.75 Å². The Morgan fingerprint density at radius 3 is 2.81 bits per heavy atom. The van der Waals surface area contributed by atoms with E-state index in [2.05, 4.69) is 23.1 Å². The van der Waals surface area contributed by atoms with Gasteiger partial charge in [0.2, 0.25) is 0 Å². The second kappa shape index (κ2) is 7.96. The molecule has 2 aromatic rings. The van der Waals surface area contributed by atoms with Crippen LogP contribution in [0.15, 0.2) is 48.5 Å². The van der Waals surface area contributed by atoms with E-state index in [0.29, 0.717) is 12.1 Å². The minimum absolute atomic E-state index is 0.551. The van der Waals surface area contributed by atoms with Crippen LogP contribution in [0.4, 0.5) is 13.2 Å². The van der Waals surface area contributed by atoms with Crippen molar-refractivity contribution >= 4 is 6.08 Å². The van der Waals surface area contributed by atoms with E-state index in [1.54, 1.807) is 12.1 Å². The van der Waals surface area contributed by atoms with Crippen molar-refractivity contribution in [1.29, 1.82) is 0 Å². The average molecular weight is 361 g/mol. The van der Waals surface area contributed by atoms with Crippen molar-refractivity contribution in [2.24, 2.45) is 0 Å². The summed E-state index contributed by atoms with van der Waals surface area (Å²) >= 11 is 0. The lowest BCUT2D eigenvalue weighted by Crippen LogP contribution is -2.18. The molecule has 5 heteroatoms. The normalized spacial score (nSPS) is 14.5. The topological polar surface area (TPSA) is 12.5 Å². The molecule has 1 heterocycles. The highest BCUT2D eigenvalue weighted by molar-refractivity contribution is 5.50. The molecule has 0 fully saturated rings. The predicted octanol–water partition coefficient (Wildman–Crippen LogP) is 5.18. The van der Waals surface area contributed by atoms with E-state index in [0.717, 1.165) is 43.9 Å². The van der Waals surface area contributed by atoms with E-state index < -0.39 is 11.7 Å². The van der Waals surface area contributed by atoms with Crippen molar-refractivity contribution in [2.45, 2.75) is 25.6 Å². The summed E-state index contributed by atoms with van der Waals surface area (Å²) in [6.07, 6.45) is 1.42. The number of fused-ring (bicyclic) bond motifs is 1. The Morgan fingerprint density at radius 1 is 1.15 bits per heavy atom. The number of benzene rings is 2. The van der Waals surface area contributed by atoms with Crippen molar-refractivity contribution in [1.82, 2.24) is 4.90 Å². The number of likely N-dealkylation sites (N-methyl/N-ethyl adjacent to an activating group) is 1. The molecular formula is C21H22F3NO. The van der Waals surface area contributed by atoms with Crippen molar-refractivity contribution < 1.29 is 17.9 Å². The van der Waals surface area contributed by atoms with Gasteiger partial charge in [0.15, 0.2) is 0 Å². The summed E-state index contributed by atoms with van der Waals surface area (Å²) in [7, 11) is 1.98. The molecule has 3 rings (SSSR count). The SMILES string of the molecule is CN(CC=Cc1cccc(C(F)(F)F)c1)Cc1ccc2c(c1)OCCC2. The van der Waals surface area contributed by atoms with Gasteiger partial charge in [0, 0.05) is 13.1 Å². The third kappa shape index (κ3) is 4.88. The maximum absolute atomic E-state index is 12.7. The molecule has 0 N–H and O–H groups in total. The maximum Gasteiger partial charge on any atom is 0.416 e. The highest BCUT2D eigenvalue weighted by Crippen LogP contribution is 2.30. The van der Waals surface area contributed by atoms with Gasteiger partial charge in [-0.25, -0.2) is 0 Å². The Hall–Kier alpha value is -2.27. The Labute approximate surface area is 151 Å². The van der Waals surface area contributed by atoms with Crippen LogP contribution in [0.25, 0.3) is 6.08 Å². The van der Waals surface area contributed by atoms with Crippen LogP contribution in [0.5, 0.6) is 5.75 Å². The first-order valence-electron chi connectivity index (χ1n) is 8.69. The van der Waals surface area contributed by atoms with Crippen molar-refractivity contribution in [2.75, 3.05) is 20.2 Å². The van der Waals surface area contributed by atoms with E-state index in [1.165, 1.54) is 17.2 Å². The Morgan fingerprint density at radius 2 is 2.00 bits per heavy atom. The number of aryl methyl sites for hydroxylation is 1. The molecule has 0 amide bonds. The molecule has 0 unspecified atom stereocenters. The van der Waals surface area contributed by atoms with Crippen LogP contribution < -0.4 is 4.74 Å². The fraction of sp³-hybridized carbons (Fsp3) is 0.333. The number of ether oxygens (including phenoxy) is 1. The molecule has 2 aromatic carbocycles. The summed E-state index contributed by atoms with van der Waals surface area (Å²) in [6.45, 7) is 2.17. The molecule has 0 aliphatic carbocycles. The highest BCUT2D eigenvalue weighted by atomic mass is 19.4. The van der Waals surface area contributed by atoms with Crippen LogP contribution in [0.3, 0.4) is 0 Å². The van der Waals surface area contributed by atoms with Gasteiger partial charge in [-0.3, -0.25) is 4.90 Å². The lowest BCUT2D eigenvalue weighted by molar-refractivity contribution is -0.137. The molecule has 0 aromatic heterocycles. The number of hydrogen-bond donors (Lipinski definition) is 0. The third-order valence-corrected chi connectivity index (χ3v) is 4.37. The van der Waals surface area contributed by atoms with Crippen LogP contribution in [0, 0.1) is 0 Å². The molecule has 2 nitrogen and oxygen atoms in total. The zero-order chi connectivity index (χ0) is 18.6. The lowest BCUT2D eigenvalue weighted by Gasteiger charge is -2.20. The molecule has 138 valence electrons. The van der Waals surface area contributed by atoms with Crippen LogP contribution in [-0.2, 0) is 19.1 Å². The summed E-state index contributed by atoms with van der Waals surface area (Å²) in [4.78, 5) is 2.11. The minimum atomic E-state index is -4.31. The van der Waals surface area contributed by atoms with Gasteiger partial charge >= 0.3 is 6.18 Å². The quantitative estimate of drug-likeness (QED) is 0.728. The van der Waals surface area contributed by atoms with Gasteiger partial charge in [-0.15, -0.1) is 0 Å². The fourth-order valence-electron chi connectivity index (χ4n) is 3.05. The monoisotopic (exact) mass is 361 g/mol. The zero-order valence-corrected chi connectivity index (χ0v) is 14.7. The van der Waals surface area contributed by atoms with Gasteiger partial charge < -0.3 is 4.74 Å². The fourth-order valence-corrected chi connectivity index (χ4v) is 3.05. The molecule has 0 saturated carbocycles. The van der Waals surface area contributed by atoms with E-state index in [-0.39, 0.29) is 0 Å². The van der Waals surface area contributed by atoms with E-state index in [4.69, 9.17) is 4.74 Å². The molecule has 0 radical (unpaired) electrons. The smallest absolute Gasteiger partial charge is 0.416 e. The van der Waals surface area contributed by atoms with E-state index in [1.807, 2.05) is 13.1 Å². The summed E-state index contributed by atoms with van der Waals surface area (Å²) < 4.78 is 43.9. The first kappa shape index (κ1) is 18.5. The zero-order valence-electron chi connectivity index (χ0n) is 14.7. The van der Waals surface area contributed by atoms with Gasteiger partial charge in [0.1, 0.15) is 5.75 Å². The van der Waals surface area contributed by atoms with Crippen LogP contribution in [0.1, 0.15) is 28.7 Å². The molecular weight excluding hydrogens is 339 g/mol. The third-order valence-electron chi connectivity index (χ3n) is 4.37. The summed E-state index contributed by atoms with van der Waals surface area (Å²) in [6, 6.07) is 11.7. The Kier molecular flexibility index (Phi) is 5.67. The Balaban J connectivity index is 1.57. The molecule has 0 saturated heterocycles. The molecule has 26 heavy (non-hydrogen) atoms. The lowest BCUT2D eigenvalue weighted by atomic mass is 10.0. The minimum Gasteiger partial charge on any atom is -0.493 e. The highest BCUT2D eigenvalue weighted by Gasteiger charge is 2.30. The predicted molar refractivity (Wildman–Crippen MR) is 97.1 cm³/mol. The Bertz CT molecular complexity index is 783. The molecule has 1 aliphatic rings. The maximum atomic E-state index is 12.7. The average Bonchev–Trinajstić information content (AvgIpc) is 2.61. The van der Waals surface area contributed by atoms with Crippen molar-refractivity contribution in [3.63, 3.8) is 0 Å². The van der Waals surface area contributed by atoms with Gasteiger partial charge in [0.05, 0.1) is 12.2 Å². The van der Waals surface area contributed by atoms with Gasteiger partial charge in [-0.2, -0.15) is 13.2 Å². The molecule has 0 bridgehead atoms. The summed E-state index contributed by atoms with van der Waals surface area (Å²) in [5.74, 6) is 0.974. The largest absolute Gasteiger partial charge is 0.493 e. The van der Waals surface area contributed by atoms with Crippen molar-refractivity contribution in [3.05, 3.63) is 70.8 Å². The second-order valence-corrected chi connectivity index (χ2v) is 6.62. The number of halogens is 3. The first-order valence-corrected chi connectivity index (χ1v) is 8.69. The number of nitrogens with zero attached hydrogens (tertiary/aromatic N) is 1.